The van der Waals surface area contributed by atoms with Gasteiger partial charge in [0.15, 0.2) is 17.7 Å². The number of aromatic nitrogens is 6. The van der Waals surface area contributed by atoms with Crippen LogP contribution in [0.5, 0.6) is 0 Å². The lowest BCUT2D eigenvalue weighted by atomic mass is 10.1. The van der Waals surface area contributed by atoms with E-state index < -0.39 is 24.5 Å². The minimum Gasteiger partial charge on any atom is -0.388 e. The van der Waals surface area contributed by atoms with Gasteiger partial charge in [-0.25, -0.2) is 15.0 Å². The van der Waals surface area contributed by atoms with Crippen molar-refractivity contribution in [3.8, 4) is 0 Å². The normalized spacial score (nSPS) is 22.7. The molecule has 0 aromatic carbocycles. The lowest BCUT2D eigenvalue weighted by molar-refractivity contribution is -0.0299. The van der Waals surface area contributed by atoms with Crippen molar-refractivity contribution in [2.45, 2.75) is 66.1 Å². The number of anilines is 1. The predicted molar refractivity (Wildman–Crippen MR) is 112 cm³/mol. The number of hydrogen-bond acceptors (Lipinski definition) is 8. The predicted octanol–water partition coefficient (Wildman–Crippen LogP) is 1.83. The first kappa shape index (κ1) is 24.5. The van der Waals surface area contributed by atoms with Crippen LogP contribution in [0.15, 0.2) is 24.8 Å². The van der Waals surface area contributed by atoms with Gasteiger partial charge in [0.25, 0.3) is 0 Å². The Morgan fingerprint density at radius 3 is 2.21 bits per heavy atom. The van der Waals surface area contributed by atoms with E-state index in [4.69, 9.17) is 10.5 Å². The van der Waals surface area contributed by atoms with Crippen LogP contribution in [0.4, 0.5) is 5.82 Å². The van der Waals surface area contributed by atoms with E-state index in [0.29, 0.717) is 17.0 Å². The second kappa shape index (κ2) is 11.4. The number of ether oxygens (including phenoxy) is 1. The highest BCUT2D eigenvalue weighted by Gasteiger charge is 2.42. The van der Waals surface area contributed by atoms with Crippen molar-refractivity contribution in [1.29, 1.82) is 0 Å². The lowest BCUT2D eigenvalue weighted by Crippen LogP contribution is -2.30. The van der Waals surface area contributed by atoms with Crippen LogP contribution in [0, 0.1) is 6.92 Å². The molecule has 4 N–H and O–H groups in total. The van der Waals surface area contributed by atoms with Crippen molar-refractivity contribution in [1.82, 2.24) is 29.3 Å². The molecular formula is C19H33N7O3. The van der Waals surface area contributed by atoms with Gasteiger partial charge in [-0.1, -0.05) is 27.7 Å². The summed E-state index contributed by atoms with van der Waals surface area (Å²) in [6.07, 6.45) is 1.95. The van der Waals surface area contributed by atoms with E-state index in [1.54, 1.807) is 29.3 Å². The third kappa shape index (κ3) is 5.72. The molecule has 10 nitrogen and oxygen atoms in total. The Bertz CT molecular complexity index is 851. The molecule has 4 unspecified atom stereocenters. The van der Waals surface area contributed by atoms with Crippen molar-refractivity contribution >= 4 is 17.0 Å². The third-order valence-electron chi connectivity index (χ3n) is 3.95. The van der Waals surface area contributed by atoms with E-state index in [9.17, 15) is 10.2 Å². The summed E-state index contributed by atoms with van der Waals surface area (Å²) >= 11 is 0. The third-order valence-corrected chi connectivity index (χ3v) is 3.95. The topological polar surface area (TPSA) is 137 Å². The fraction of sp³-hybridized carbons (Fsp3) is 0.579. The van der Waals surface area contributed by atoms with Gasteiger partial charge in [-0.05, 0) is 19.9 Å². The largest absolute Gasteiger partial charge is 0.388 e. The molecule has 10 heteroatoms. The Kier molecular flexibility index (Phi) is 9.66. The minimum atomic E-state index is -1.04. The standard InChI is InChI=1S/C11H15N5O3.C4H6N2.2C2H6/c1-4-7(17)8(18)11(19-4)16-3-13-6-9(12)14-5(2)15-10(6)16;1-6-4-2-3-5-6;2*1-2/h3-4,7-8,11,17-18H,1-2H3,(H2,12,14,15);2-4H,1H3;2*1-2H3. The van der Waals surface area contributed by atoms with Crippen LogP contribution < -0.4 is 5.73 Å². The minimum absolute atomic E-state index is 0.280. The number of aliphatic hydroxyl groups excluding tert-OH is 2. The molecule has 0 radical (unpaired) electrons. The average Bonchev–Trinajstić information content (AvgIpc) is 3.42. The van der Waals surface area contributed by atoms with Crippen LogP contribution in [-0.2, 0) is 11.8 Å². The molecule has 1 aliphatic heterocycles. The lowest BCUT2D eigenvalue weighted by Gasteiger charge is -2.16. The van der Waals surface area contributed by atoms with Gasteiger partial charge in [-0.2, -0.15) is 5.10 Å². The van der Waals surface area contributed by atoms with Gasteiger partial charge in [0.1, 0.15) is 23.5 Å². The first-order valence-corrected chi connectivity index (χ1v) is 9.80. The monoisotopic (exact) mass is 407 g/mol. The molecule has 4 atom stereocenters. The van der Waals surface area contributed by atoms with E-state index in [1.807, 2.05) is 47.0 Å². The second-order valence-corrected chi connectivity index (χ2v) is 5.87. The summed E-state index contributed by atoms with van der Waals surface area (Å²) in [4.78, 5) is 12.4. The van der Waals surface area contributed by atoms with Crippen LogP contribution in [-0.4, -0.2) is 57.8 Å². The van der Waals surface area contributed by atoms with Gasteiger partial charge in [0.05, 0.1) is 12.4 Å². The molecular weight excluding hydrogens is 374 g/mol. The van der Waals surface area contributed by atoms with Crippen LogP contribution in [0.1, 0.15) is 46.7 Å². The van der Waals surface area contributed by atoms with E-state index >= 15 is 0 Å². The molecule has 4 rings (SSSR count). The molecule has 1 saturated heterocycles. The van der Waals surface area contributed by atoms with Gasteiger partial charge in [0, 0.05) is 19.4 Å². The Labute approximate surface area is 171 Å². The quantitative estimate of drug-likeness (QED) is 0.555. The summed E-state index contributed by atoms with van der Waals surface area (Å²) in [5.41, 5.74) is 6.71. The highest BCUT2D eigenvalue weighted by molar-refractivity contribution is 5.81. The molecule has 1 aliphatic rings. The number of hydrogen-bond donors (Lipinski definition) is 3. The van der Waals surface area contributed by atoms with Gasteiger partial charge in [-0.3, -0.25) is 9.25 Å². The van der Waals surface area contributed by atoms with Gasteiger partial charge in [0.2, 0.25) is 0 Å². The zero-order valence-corrected chi connectivity index (χ0v) is 18.2. The van der Waals surface area contributed by atoms with Crippen LogP contribution >= 0.6 is 0 Å². The molecule has 0 bridgehead atoms. The van der Waals surface area contributed by atoms with Crippen LogP contribution in [0.25, 0.3) is 11.2 Å². The van der Waals surface area contributed by atoms with Gasteiger partial charge in [-0.15, -0.1) is 0 Å². The van der Waals surface area contributed by atoms with E-state index in [0.717, 1.165) is 0 Å². The van der Waals surface area contributed by atoms with Crippen molar-refractivity contribution < 1.29 is 14.9 Å². The Balaban J connectivity index is 0.000000353. The SMILES string of the molecule is CC.CC.Cc1nc(N)c2ncn(C3OC(C)C(O)C3O)c2n1.Cn1cccn1. The molecule has 3 aromatic heterocycles. The number of aryl methyl sites for hydroxylation is 2. The van der Waals surface area contributed by atoms with Gasteiger partial charge >= 0.3 is 0 Å². The summed E-state index contributed by atoms with van der Waals surface area (Å²) in [6.45, 7) is 11.4. The maximum absolute atomic E-state index is 10.00. The molecule has 29 heavy (non-hydrogen) atoms. The maximum Gasteiger partial charge on any atom is 0.167 e. The van der Waals surface area contributed by atoms with E-state index in [-0.39, 0.29) is 5.82 Å². The number of nitrogen functional groups attached to an aromatic ring is 1. The molecule has 0 spiro atoms. The van der Waals surface area contributed by atoms with Crippen molar-refractivity contribution in [2.24, 2.45) is 7.05 Å². The number of rotatable bonds is 1. The molecule has 3 aromatic rings. The molecule has 0 saturated carbocycles. The fourth-order valence-electron chi connectivity index (χ4n) is 2.64. The molecule has 162 valence electrons. The fourth-order valence-corrected chi connectivity index (χ4v) is 2.64. The Hall–Kier alpha value is -2.56. The summed E-state index contributed by atoms with van der Waals surface area (Å²) in [5.74, 6) is 0.787. The number of nitrogens with two attached hydrogens (primary N) is 1. The number of imidazole rings is 1. The van der Waals surface area contributed by atoms with Crippen molar-refractivity contribution in [2.75, 3.05) is 5.73 Å². The number of fused-ring (bicyclic) bond motifs is 1. The highest BCUT2D eigenvalue weighted by atomic mass is 16.6. The molecule has 1 fully saturated rings. The zero-order chi connectivity index (χ0) is 22.1. The first-order valence-electron chi connectivity index (χ1n) is 9.80. The van der Waals surface area contributed by atoms with Gasteiger partial charge < -0.3 is 20.7 Å². The Morgan fingerprint density at radius 1 is 1.10 bits per heavy atom. The van der Waals surface area contributed by atoms with Crippen LogP contribution in [0.3, 0.4) is 0 Å². The molecule has 0 amide bonds. The van der Waals surface area contributed by atoms with E-state index in [1.165, 1.54) is 6.33 Å². The number of aliphatic hydroxyl groups is 2. The van der Waals surface area contributed by atoms with Crippen LogP contribution in [0.2, 0.25) is 0 Å². The summed E-state index contributed by atoms with van der Waals surface area (Å²) in [5, 5.41) is 23.6. The van der Waals surface area contributed by atoms with E-state index in [2.05, 4.69) is 20.1 Å². The van der Waals surface area contributed by atoms with Crippen molar-refractivity contribution in [3.63, 3.8) is 0 Å². The highest BCUT2D eigenvalue weighted by Crippen LogP contribution is 2.31. The van der Waals surface area contributed by atoms with Crippen molar-refractivity contribution in [3.05, 3.63) is 30.6 Å². The zero-order valence-electron chi connectivity index (χ0n) is 18.2. The number of nitrogens with zero attached hydrogens (tertiary/aromatic N) is 6. The summed E-state index contributed by atoms with van der Waals surface area (Å²) < 4.78 is 8.86. The summed E-state index contributed by atoms with van der Waals surface area (Å²) in [6, 6.07) is 1.89. The second-order valence-electron chi connectivity index (χ2n) is 5.87. The average molecular weight is 408 g/mol. The molecule has 0 aliphatic carbocycles. The first-order chi connectivity index (χ1) is 13.9. The maximum atomic E-state index is 10.00. The molecule has 4 heterocycles. The Morgan fingerprint density at radius 2 is 1.76 bits per heavy atom. The summed E-state index contributed by atoms with van der Waals surface area (Å²) in [7, 11) is 1.89. The smallest absolute Gasteiger partial charge is 0.167 e.